The van der Waals surface area contributed by atoms with Crippen molar-refractivity contribution in [1.82, 2.24) is 10.2 Å². The fourth-order valence-electron chi connectivity index (χ4n) is 3.50. The van der Waals surface area contributed by atoms with Crippen LogP contribution in [0.25, 0.3) is 0 Å². The van der Waals surface area contributed by atoms with E-state index >= 15 is 0 Å². The van der Waals surface area contributed by atoms with Crippen LogP contribution in [0.1, 0.15) is 29.9 Å². The molecule has 0 saturated heterocycles. The Balaban J connectivity index is 1.53. The summed E-state index contributed by atoms with van der Waals surface area (Å²) in [5, 5.41) is 11.5. The summed E-state index contributed by atoms with van der Waals surface area (Å²) in [7, 11) is 0. The first-order valence-corrected chi connectivity index (χ1v) is 9.41. The maximum absolute atomic E-state index is 13.0. The number of benzene rings is 2. The molecule has 0 aliphatic carbocycles. The molecule has 2 heterocycles. The molecule has 1 aliphatic heterocycles. The molecule has 3 aromatic rings. The average molecular weight is 374 g/mol. The predicted molar refractivity (Wildman–Crippen MR) is 109 cm³/mol. The Labute approximate surface area is 164 Å². The maximum Gasteiger partial charge on any atom is 0.279 e. The zero-order valence-electron chi connectivity index (χ0n) is 15.9. The van der Waals surface area contributed by atoms with Gasteiger partial charge in [-0.3, -0.25) is 4.79 Å². The number of ether oxygens (including phenoxy) is 1. The number of nitrogens with one attached hydrogen (secondary N) is 1. The second kappa shape index (κ2) is 7.68. The highest BCUT2D eigenvalue weighted by atomic mass is 16.5. The molecule has 0 spiro atoms. The van der Waals surface area contributed by atoms with Crippen LogP contribution in [0.3, 0.4) is 0 Å². The molecule has 142 valence electrons. The number of para-hydroxylation sites is 3. The number of carbonyl (C=O) groups is 1. The van der Waals surface area contributed by atoms with Crippen LogP contribution in [0.4, 0.5) is 17.2 Å². The molecule has 0 saturated carbocycles. The number of anilines is 3. The van der Waals surface area contributed by atoms with Gasteiger partial charge >= 0.3 is 0 Å². The lowest BCUT2D eigenvalue weighted by Gasteiger charge is -2.22. The largest absolute Gasteiger partial charge is 0.492 e. The molecule has 1 aliphatic rings. The zero-order valence-corrected chi connectivity index (χ0v) is 15.9. The number of rotatable bonds is 5. The molecule has 1 aromatic heterocycles. The molecule has 0 bridgehead atoms. The van der Waals surface area contributed by atoms with Crippen LogP contribution < -0.4 is 15.0 Å². The summed E-state index contributed by atoms with van der Waals surface area (Å²) in [6.07, 6.45) is 0.850. The first-order chi connectivity index (χ1) is 13.7. The van der Waals surface area contributed by atoms with E-state index in [4.69, 9.17) is 4.74 Å². The van der Waals surface area contributed by atoms with Gasteiger partial charge in [-0.15, -0.1) is 10.2 Å². The van der Waals surface area contributed by atoms with Crippen LogP contribution >= 0.6 is 0 Å². The minimum Gasteiger partial charge on any atom is -0.492 e. The molecule has 2 aromatic carbocycles. The lowest BCUT2D eigenvalue weighted by molar-refractivity contribution is 0.0975. The molecule has 0 radical (unpaired) electrons. The van der Waals surface area contributed by atoms with Gasteiger partial charge < -0.3 is 15.0 Å². The van der Waals surface area contributed by atoms with Crippen LogP contribution in [0.15, 0.2) is 60.7 Å². The fourth-order valence-corrected chi connectivity index (χ4v) is 3.50. The molecule has 1 unspecified atom stereocenters. The second-order valence-corrected chi connectivity index (χ2v) is 6.71. The van der Waals surface area contributed by atoms with Crippen molar-refractivity contribution < 1.29 is 9.53 Å². The van der Waals surface area contributed by atoms with Crippen LogP contribution in [-0.2, 0) is 6.42 Å². The lowest BCUT2D eigenvalue weighted by Crippen LogP contribution is -2.36. The van der Waals surface area contributed by atoms with Gasteiger partial charge in [0.25, 0.3) is 5.91 Å². The number of amides is 1. The highest BCUT2D eigenvalue weighted by Gasteiger charge is 2.31. The van der Waals surface area contributed by atoms with Gasteiger partial charge in [0, 0.05) is 11.7 Å². The topological polar surface area (TPSA) is 67.3 Å². The summed E-state index contributed by atoms with van der Waals surface area (Å²) in [6.45, 7) is 4.56. The third-order valence-electron chi connectivity index (χ3n) is 4.76. The summed E-state index contributed by atoms with van der Waals surface area (Å²) in [5.74, 6) is 1.17. The Bertz CT molecular complexity index is 988. The summed E-state index contributed by atoms with van der Waals surface area (Å²) in [5.41, 5.74) is 3.27. The Morgan fingerprint density at radius 3 is 2.68 bits per heavy atom. The van der Waals surface area contributed by atoms with Crippen molar-refractivity contribution in [2.24, 2.45) is 0 Å². The van der Waals surface area contributed by atoms with Gasteiger partial charge in [-0.2, -0.15) is 0 Å². The lowest BCUT2D eigenvalue weighted by atomic mass is 10.1. The molecule has 4 rings (SSSR count). The third-order valence-corrected chi connectivity index (χ3v) is 4.76. The van der Waals surface area contributed by atoms with Crippen molar-refractivity contribution >= 4 is 23.1 Å². The predicted octanol–water partition coefficient (Wildman–Crippen LogP) is 4.21. The minimum absolute atomic E-state index is 0.0996. The standard InChI is InChI=1S/C22H22N4O2/c1-3-28-20-11-7-5-9-17(20)23-21-13-12-18(24-25-21)22(27)26-15(2)14-16-8-4-6-10-19(16)26/h4-13,15H,3,14H2,1-2H3,(H,23,25). The van der Waals surface area contributed by atoms with Crippen LogP contribution in [0.2, 0.25) is 0 Å². The van der Waals surface area contributed by atoms with Gasteiger partial charge in [0.15, 0.2) is 11.5 Å². The molecule has 28 heavy (non-hydrogen) atoms. The number of carbonyl (C=O) groups excluding carboxylic acids is 1. The first kappa shape index (κ1) is 18.0. The van der Waals surface area contributed by atoms with E-state index in [0.717, 1.165) is 23.5 Å². The van der Waals surface area contributed by atoms with Crippen molar-refractivity contribution in [3.63, 3.8) is 0 Å². The van der Waals surface area contributed by atoms with Gasteiger partial charge in [-0.25, -0.2) is 0 Å². The van der Waals surface area contributed by atoms with E-state index in [9.17, 15) is 4.79 Å². The minimum atomic E-state index is -0.133. The van der Waals surface area contributed by atoms with Crippen molar-refractivity contribution in [2.45, 2.75) is 26.3 Å². The monoisotopic (exact) mass is 374 g/mol. The van der Waals surface area contributed by atoms with E-state index in [-0.39, 0.29) is 11.9 Å². The van der Waals surface area contributed by atoms with E-state index in [2.05, 4.69) is 21.6 Å². The van der Waals surface area contributed by atoms with Crippen molar-refractivity contribution in [3.05, 3.63) is 71.9 Å². The van der Waals surface area contributed by atoms with E-state index in [1.807, 2.05) is 56.3 Å². The average Bonchev–Trinajstić information content (AvgIpc) is 3.05. The van der Waals surface area contributed by atoms with Gasteiger partial charge in [0.05, 0.1) is 12.3 Å². The highest BCUT2D eigenvalue weighted by Crippen LogP contribution is 2.33. The molecule has 0 fully saturated rings. The molecular weight excluding hydrogens is 352 g/mol. The van der Waals surface area contributed by atoms with Gasteiger partial charge in [0.1, 0.15) is 5.75 Å². The summed E-state index contributed by atoms with van der Waals surface area (Å²) < 4.78 is 5.61. The van der Waals surface area contributed by atoms with Gasteiger partial charge in [0.2, 0.25) is 0 Å². The van der Waals surface area contributed by atoms with Crippen molar-refractivity contribution in [1.29, 1.82) is 0 Å². The van der Waals surface area contributed by atoms with E-state index < -0.39 is 0 Å². The molecule has 6 heteroatoms. The summed E-state index contributed by atoms with van der Waals surface area (Å²) in [6, 6.07) is 19.2. The van der Waals surface area contributed by atoms with Crippen LogP contribution in [0, 0.1) is 0 Å². The molecule has 1 N–H and O–H groups in total. The first-order valence-electron chi connectivity index (χ1n) is 9.41. The molecular formula is C22H22N4O2. The quantitative estimate of drug-likeness (QED) is 0.725. The molecule has 1 atom stereocenters. The van der Waals surface area contributed by atoms with E-state index in [0.29, 0.717) is 18.1 Å². The van der Waals surface area contributed by atoms with Crippen LogP contribution in [-0.4, -0.2) is 28.8 Å². The number of hydrogen-bond acceptors (Lipinski definition) is 5. The molecule has 1 amide bonds. The fraction of sp³-hybridized carbons (Fsp3) is 0.227. The Hall–Kier alpha value is -3.41. The highest BCUT2D eigenvalue weighted by molar-refractivity contribution is 6.06. The number of hydrogen-bond donors (Lipinski definition) is 1. The second-order valence-electron chi connectivity index (χ2n) is 6.71. The number of fused-ring (bicyclic) bond motifs is 1. The molecule has 6 nitrogen and oxygen atoms in total. The van der Waals surface area contributed by atoms with Crippen LogP contribution in [0.5, 0.6) is 5.75 Å². The Kier molecular flexibility index (Phi) is 4.93. The van der Waals surface area contributed by atoms with Gasteiger partial charge in [-0.1, -0.05) is 30.3 Å². The van der Waals surface area contributed by atoms with Crippen molar-refractivity contribution in [3.8, 4) is 5.75 Å². The summed E-state index contributed by atoms with van der Waals surface area (Å²) >= 11 is 0. The third kappa shape index (κ3) is 3.41. The normalized spacial score (nSPS) is 15.2. The Morgan fingerprint density at radius 1 is 1.11 bits per heavy atom. The van der Waals surface area contributed by atoms with Crippen molar-refractivity contribution in [2.75, 3.05) is 16.8 Å². The number of aromatic nitrogens is 2. The Morgan fingerprint density at radius 2 is 1.89 bits per heavy atom. The summed E-state index contributed by atoms with van der Waals surface area (Å²) in [4.78, 5) is 14.8. The smallest absolute Gasteiger partial charge is 0.279 e. The zero-order chi connectivity index (χ0) is 19.5. The van der Waals surface area contributed by atoms with Gasteiger partial charge in [-0.05, 0) is 56.2 Å². The van der Waals surface area contributed by atoms with E-state index in [1.165, 1.54) is 5.56 Å². The van der Waals surface area contributed by atoms with E-state index in [1.54, 1.807) is 17.0 Å². The number of nitrogens with zero attached hydrogens (tertiary/aromatic N) is 3. The SMILES string of the molecule is CCOc1ccccc1Nc1ccc(C(=O)N2c3ccccc3CC2C)nn1. The maximum atomic E-state index is 13.0.